The molecule has 0 saturated carbocycles. The van der Waals surface area contributed by atoms with Gasteiger partial charge in [-0.25, -0.2) is 13.2 Å². The van der Waals surface area contributed by atoms with Crippen molar-refractivity contribution in [1.82, 2.24) is 0 Å². The molecule has 0 fully saturated rings. The van der Waals surface area contributed by atoms with Gasteiger partial charge < -0.3 is 10.1 Å². The molecule has 1 heterocycles. The monoisotopic (exact) mass is 293 g/mol. The van der Waals surface area contributed by atoms with Crippen LogP contribution in [0.15, 0.2) is 36.4 Å². The SMILES string of the molecule is Fc1cc(F)c(NCC2CCOc3ccccc32)cc1F. The molecule has 0 aromatic heterocycles. The Morgan fingerprint density at radius 3 is 2.67 bits per heavy atom. The molecule has 3 rings (SSSR count). The number of anilines is 1. The first-order valence-electron chi connectivity index (χ1n) is 6.75. The number of para-hydroxylation sites is 1. The van der Waals surface area contributed by atoms with Crippen LogP contribution in [0.3, 0.4) is 0 Å². The molecule has 5 heteroatoms. The molecule has 1 atom stereocenters. The zero-order valence-electron chi connectivity index (χ0n) is 11.2. The molecule has 0 bridgehead atoms. The van der Waals surface area contributed by atoms with Crippen molar-refractivity contribution in [1.29, 1.82) is 0 Å². The van der Waals surface area contributed by atoms with E-state index >= 15 is 0 Å². The normalized spacial score (nSPS) is 17.0. The van der Waals surface area contributed by atoms with Crippen LogP contribution in [0.25, 0.3) is 0 Å². The summed E-state index contributed by atoms with van der Waals surface area (Å²) in [7, 11) is 0. The van der Waals surface area contributed by atoms with Crippen molar-refractivity contribution in [2.45, 2.75) is 12.3 Å². The van der Waals surface area contributed by atoms with E-state index in [0.29, 0.717) is 19.2 Å². The van der Waals surface area contributed by atoms with Gasteiger partial charge in [0, 0.05) is 24.6 Å². The number of benzene rings is 2. The average Bonchev–Trinajstić information content (AvgIpc) is 2.49. The lowest BCUT2D eigenvalue weighted by Crippen LogP contribution is -2.21. The second-order valence-electron chi connectivity index (χ2n) is 5.00. The van der Waals surface area contributed by atoms with Gasteiger partial charge in [-0.15, -0.1) is 0 Å². The van der Waals surface area contributed by atoms with Crippen molar-refractivity contribution in [3.63, 3.8) is 0 Å². The highest BCUT2D eigenvalue weighted by molar-refractivity contribution is 5.46. The Hall–Kier alpha value is -2.17. The fourth-order valence-corrected chi connectivity index (χ4v) is 2.52. The Balaban J connectivity index is 1.76. The first kappa shape index (κ1) is 13.8. The summed E-state index contributed by atoms with van der Waals surface area (Å²) in [6.07, 6.45) is 0.787. The Kier molecular flexibility index (Phi) is 3.73. The lowest BCUT2D eigenvalue weighted by atomic mass is 9.93. The minimum atomic E-state index is -1.19. The van der Waals surface area contributed by atoms with Crippen LogP contribution in [0.1, 0.15) is 17.9 Å². The van der Waals surface area contributed by atoms with E-state index in [2.05, 4.69) is 5.32 Å². The number of hydrogen-bond acceptors (Lipinski definition) is 2. The molecule has 0 radical (unpaired) electrons. The summed E-state index contributed by atoms with van der Waals surface area (Å²) in [5.74, 6) is -2.08. The molecule has 0 saturated heterocycles. The number of fused-ring (bicyclic) bond motifs is 1. The van der Waals surface area contributed by atoms with Crippen LogP contribution in [0, 0.1) is 17.5 Å². The van der Waals surface area contributed by atoms with E-state index in [1.807, 2.05) is 24.3 Å². The molecular formula is C16H14F3NO. The van der Waals surface area contributed by atoms with E-state index in [-0.39, 0.29) is 11.6 Å². The summed E-state index contributed by atoms with van der Waals surface area (Å²) in [5, 5.41) is 2.85. The Morgan fingerprint density at radius 1 is 1.05 bits per heavy atom. The lowest BCUT2D eigenvalue weighted by molar-refractivity contribution is 0.270. The topological polar surface area (TPSA) is 21.3 Å². The second-order valence-corrected chi connectivity index (χ2v) is 5.00. The van der Waals surface area contributed by atoms with Crippen LogP contribution < -0.4 is 10.1 Å². The van der Waals surface area contributed by atoms with Crippen molar-refractivity contribution >= 4 is 5.69 Å². The maximum absolute atomic E-state index is 13.6. The van der Waals surface area contributed by atoms with Crippen LogP contribution in [-0.4, -0.2) is 13.2 Å². The molecule has 0 spiro atoms. The molecule has 1 aliphatic rings. The van der Waals surface area contributed by atoms with Crippen LogP contribution in [0.2, 0.25) is 0 Å². The summed E-state index contributed by atoms with van der Waals surface area (Å²) in [4.78, 5) is 0. The van der Waals surface area contributed by atoms with E-state index in [0.717, 1.165) is 23.8 Å². The molecule has 1 unspecified atom stereocenters. The molecule has 1 aliphatic heterocycles. The first-order chi connectivity index (χ1) is 10.1. The summed E-state index contributed by atoms with van der Waals surface area (Å²) in [5.41, 5.74) is 1.01. The third kappa shape index (κ3) is 2.82. The molecule has 0 aliphatic carbocycles. The van der Waals surface area contributed by atoms with Gasteiger partial charge in [-0.3, -0.25) is 0 Å². The van der Waals surface area contributed by atoms with Gasteiger partial charge in [0.15, 0.2) is 11.6 Å². The van der Waals surface area contributed by atoms with E-state index in [1.165, 1.54) is 0 Å². The second kappa shape index (κ2) is 5.68. The molecule has 110 valence electrons. The predicted octanol–water partition coefficient (Wildman–Crippen LogP) is 4.08. The fraction of sp³-hybridized carbons (Fsp3) is 0.250. The molecule has 2 nitrogen and oxygen atoms in total. The maximum Gasteiger partial charge on any atom is 0.161 e. The fourth-order valence-electron chi connectivity index (χ4n) is 2.52. The van der Waals surface area contributed by atoms with Crippen LogP contribution in [-0.2, 0) is 0 Å². The van der Waals surface area contributed by atoms with Gasteiger partial charge in [0.2, 0.25) is 0 Å². The molecular weight excluding hydrogens is 279 g/mol. The predicted molar refractivity (Wildman–Crippen MR) is 74.1 cm³/mol. The van der Waals surface area contributed by atoms with Gasteiger partial charge >= 0.3 is 0 Å². The van der Waals surface area contributed by atoms with Crippen molar-refractivity contribution < 1.29 is 17.9 Å². The maximum atomic E-state index is 13.6. The minimum absolute atomic E-state index is 0.0297. The molecule has 21 heavy (non-hydrogen) atoms. The number of ether oxygens (including phenoxy) is 1. The summed E-state index contributed by atoms with van der Waals surface area (Å²) >= 11 is 0. The highest BCUT2D eigenvalue weighted by Gasteiger charge is 2.21. The number of rotatable bonds is 3. The number of halogens is 3. The van der Waals surface area contributed by atoms with E-state index in [1.54, 1.807) is 0 Å². The molecule has 1 N–H and O–H groups in total. The number of nitrogens with one attached hydrogen (secondary N) is 1. The van der Waals surface area contributed by atoms with Gasteiger partial charge in [0.1, 0.15) is 11.6 Å². The van der Waals surface area contributed by atoms with Crippen molar-refractivity contribution in [2.24, 2.45) is 0 Å². The minimum Gasteiger partial charge on any atom is -0.493 e. The smallest absolute Gasteiger partial charge is 0.161 e. The largest absolute Gasteiger partial charge is 0.493 e. The van der Waals surface area contributed by atoms with E-state index in [9.17, 15) is 13.2 Å². The van der Waals surface area contributed by atoms with Crippen LogP contribution in [0.4, 0.5) is 18.9 Å². The zero-order chi connectivity index (χ0) is 14.8. The van der Waals surface area contributed by atoms with Gasteiger partial charge in [-0.1, -0.05) is 18.2 Å². The van der Waals surface area contributed by atoms with Crippen molar-refractivity contribution in [3.05, 3.63) is 59.4 Å². The zero-order valence-corrected chi connectivity index (χ0v) is 11.2. The highest BCUT2D eigenvalue weighted by atomic mass is 19.2. The lowest BCUT2D eigenvalue weighted by Gasteiger charge is -2.26. The number of hydrogen-bond donors (Lipinski definition) is 1. The molecule has 2 aromatic carbocycles. The third-order valence-electron chi connectivity index (χ3n) is 3.63. The summed E-state index contributed by atoms with van der Waals surface area (Å²) in [6.45, 7) is 1.02. The highest BCUT2D eigenvalue weighted by Crippen LogP contribution is 2.33. The van der Waals surface area contributed by atoms with Gasteiger partial charge in [-0.2, -0.15) is 0 Å². The summed E-state index contributed by atoms with van der Waals surface area (Å²) < 4.78 is 45.2. The molecule has 0 amide bonds. The Labute approximate surface area is 120 Å². The van der Waals surface area contributed by atoms with E-state index < -0.39 is 17.5 Å². The Bertz CT molecular complexity index is 660. The van der Waals surface area contributed by atoms with Crippen molar-refractivity contribution in [3.8, 4) is 5.75 Å². The van der Waals surface area contributed by atoms with Crippen LogP contribution in [0.5, 0.6) is 5.75 Å². The Morgan fingerprint density at radius 2 is 1.81 bits per heavy atom. The molecule has 2 aromatic rings. The van der Waals surface area contributed by atoms with Gasteiger partial charge in [-0.05, 0) is 18.1 Å². The first-order valence-corrected chi connectivity index (χ1v) is 6.75. The van der Waals surface area contributed by atoms with E-state index in [4.69, 9.17) is 4.74 Å². The summed E-state index contributed by atoms with van der Waals surface area (Å²) in [6, 6.07) is 9.05. The quantitative estimate of drug-likeness (QED) is 0.861. The van der Waals surface area contributed by atoms with Gasteiger partial charge in [0.05, 0.1) is 12.3 Å². The standard InChI is InChI=1S/C16H14F3NO/c17-12-7-14(19)15(8-13(12)18)20-9-10-5-6-21-16-4-2-1-3-11(10)16/h1-4,7-8,10,20H,5-6,9H2. The van der Waals surface area contributed by atoms with Gasteiger partial charge in [0.25, 0.3) is 0 Å². The average molecular weight is 293 g/mol. The van der Waals surface area contributed by atoms with Crippen LogP contribution >= 0.6 is 0 Å². The third-order valence-corrected chi connectivity index (χ3v) is 3.63. The van der Waals surface area contributed by atoms with Crippen molar-refractivity contribution in [2.75, 3.05) is 18.5 Å².